The molecule has 1 saturated heterocycles. The van der Waals surface area contributed by atoms with Crippen LogP contribution in [0.3, 0.4) is 0 Å². The van der Waals surface area contributed by atoms with Crippen molar-refractivity contribution in [1.82, 2.24) is 5.32 Å². The average Bonchev–Trinajstić information content (AvgIpc) is 3.06. The molecule has 1 unspecified atom stereocenters. The van der Waals surface area contributed by atoms with Crippen LogP contribution >= 0.6 is 11.8 Å². The summed E-state index contributed by atoms with van der Waals surface area (Å²) in [4.78, 5) is 23.2. The Morgan fingerprint density at radius 2 is 1.90 bits per heavy atom. The van der Waals surface area contributed by atoms with Crippen LogP contribution in [-0.2, 0) is 9.54 Å². The van der Waals surface area contributed by atoms with Crippen molar-refractivity contribution in [3.8, 4) is 17.4 Å². The monoisotopic (exact) mass is 298 g/mol. The minimum Gasteiger partial charge on any atom is -0.459 e. The molecule has 5 nitrogen and oxygen atoms in total. The van der Waals surface area contributed by atoms with Gasteiger partial charge in [-0.2, -0.15) is 5.26 Å². The first-order valence-corrected chi connectivity index (χ1v) is 7.00. The van der Waals surface area contributed by atoms with Gasteiger partial charge in [-0.3, -0.25) is 14.9 Å². The molecule has 1 aromatic carbocycles. The predicted octanol–water partition coefficient (Wildman–Crippen LogP) is 3.02. The number of rotatable bonds is 2. The van der Waals surface area contributed by atoms with E-state index in [0.29, 0.717) is 17.1 Å². The molecule has 0 saturated carbocycles. The zero-order valence-electron chi connectivity index (χ0n) is 11.0. The zero-order valence-corrected chi connectivity index (χ0v) is 11.9. The summed E-state index contributed by atoms with van der Waals surface area (Å²) in [6.07, 6.45) is 0. The van der Waals surface area contributed by atoms with Crippen LogP contribution in [0.2, 0.25) is 0 Å². The van der Waals surface area contributed by atoms with Crippen molar-refractivity contribution in [1.29, 1.82) is 5.26 Å². The molecular formula is C15H10N2O3S. The van der Waals surface area contributed by atoms with Crippen LogP contribution in [0.15, 0.2) is 40.8 Å². The Labute approximate surface area is 124 Å². The van der Waals surface area contributed by atoms with Crippen LogP contribution in [0.25, 0.3) is 11.3 Å². The summed E-state index contributed by atoms with van der Waals surface area (Å²) in [6.45, 7) is 1.65. The van der Waals surface area contributed by atoms with E-state index in [-0.39, 0.29) is 11.1 Å². The summed E-state index contributed by atoms with van der Waals surface area (Å²) >= 11 is 0.907. The molecule has 1 N–H and O–H groups in total. The highest BCUT2D eigenvalue weighted by Gasteiger charge is 2.47. The second kappa shape index (κ2) is 4.79. The fraction of sp³-hybridized carbons (Fsp3) is 0.133. The molecule has 0 radical (unpaired) electrons. The van der Waals surface area contributed by atoms with Crippen molar-refractivity contribution in [2.75, 3.05) is 0 Å². The molecule has 2 amide bonds. The smallest absolute Gasteiger partial charge is 0.287 e. The maximum absolute atomic E-state index is 11.9. The quantitative estimate of drug-likeness (QED) is 0.921. The molecule has 0 aliphatic carbocycles. The fourth-order valence-electron chi connectivity index (χ4n) is 2.09. The van der Waals surface area contributed by atoms with Crippen molar-refractivity contribution in [2.24, 2.45) is 0 Å². The maximum atomic E-state index is 11.9. The van der Waals surface area contributed by atoms with Gasteiger partial charge in [0.25, 0.3) is 11.1 Å². The molecule has 2 heterocycles. The van der Waals surface area contributed by atoms with Gasteiger partial charge < -0.3 is 4.42 Å². The summed E-state index contributed by atoms with van der Waals surface area (Å²) < 4.78 is 4.69. The Morgan fingerprint density at radius 1 is 1.19 bits per heavy atom. The highest BCUT2D eigenvalue weighted by atomic mass is 32.2. The second-order valence-corrected chi connectivity index (χ2v) is 6.12. The van der Waals surface area contributed by atoms with E-state index in [1.165, 1.54) is 0 Å². The number of imide groups is 1. The fourth-order valence-corrected chi connectivity index (χ4v) is 2.96. The number of hydrogen-bond acceptors (Lipinski definition) is 5. The summed E-state index contributed by atoms with van der Waals surface area (Å²) in [5, 5.41) is 10.7. The third-order valence-electron chi connectivity index (χ3n) is 3.32. The van der Waals surface area contributed by atoms with Crippen molar-refractivity contribution < 1.29 is 14.0 Å². The summed E-state index contributed by atoms with van der Waals surface area (Å²) in [7, 11) is 0. The number of furan rings is 1. The van der Waals surface area contributed by atoms with Gasteiger partial charge in [-0.1, -0.05) is 0 Å². The van der Waals surface area contributed by atoms with Crippen LogP contribution in [0, 0.1) is 11.3 Å². The number of hydrogen-bond donors (Lipinski definition) is 1. The Bertz CT molecular complexity index is 773. The maximum Gasteiger partial charge on any atom is 0.287 e. The van der Waals surface area contributed by atoms with Gasteiger partial charge in [-0.25, -0.2) is 0 Å². The van der Waals surface area contributed by atoms with E-state index in [0.717, 1.165) is 17.3 Å². The standard InChI is InChI=1S/C15H10N2O3S/c1-15(13(18)17-14(19)21-15)12-7-6-11(20-12)10-4-2-9(8-16)3-5-10/h2-7H,1H3,(H,17,18,19). The molecule has 2 aromatic rings. The van der Waals surface area contributed by atoms with E-state index in [2.05, 4.69) is 5.32 Å². The lowest BCUT2D eigenvalue weighted by atomic mass is 10.1. The summed E-state index contributed by atoms with van der Waals surface area (Å²) in [5.74, 6) is 0.636. The lowest BCUT2D eigenvalue weighted by molar-refractivity contribution is -0.121. The number of carbonyl (C=O) groups excluding carboxylic acids is 2. The zero-order chi connectivity index (χ0) is 15.0. The first kappa shape index (κ1) is 13.5. The number of benzene rings is 1. The van der Waals surface area contributed by atoms with Gasteiger partial charge in [0.2, 0.25) is 0 Å². The Morgan fingerprint density at radius 3 is 2.48 bits per heavy atom. The van der Waals surface area contributed by atoms with Crippen molar-refractivity contribution in [3.05, 3.63) is 47.7 Å². The van der Waals surface area contributed by atoms with Crippen LogP contribution in [0.5, 0.6) is 0 Å². The molecule has 1 aliphatic rings. The summed E-state index contributed by atoms with van der Waals surface area (Å²) in [5.41, 5.74) is 1.37. The minimum atomic E-state index is -1.04. The minimum absolute atomic E-state index is 0.376. The Hall–Kier alpha value is -2.52. The third-order valence-corrected chi connectivity index (χ3v) is 4.40. The van der Waals surface area contributed by atoms with Gasteiger partial charge in [0.1, 0.15) is 11.5 Å². The van der Waals surface area contributed by atoms with E-state index in [1.807, 2.05) is 6.07 Å². The van der Waals surface area contributed by atoms with Crippen LogP contribution in [0.1, 0.15) is 18.2 Å². The number of nitrogens with zero attached hydrogens (tertiary/aromatic N) is 1. The van der Waals surface area contributed by atoms with Crippen molar-refractivity contribution >= 4 is 22.9 Å². The first-order chi connectivity index (χ1) is 10.0. The molecule has 1 atom stereocenters. The second-order valence-electron chi connectivity index (χ2n) is 4.73. The van der Waals surface area contributed by atoms with Gasteiger partial charge >= 0.3 is 0 Å². The van der Waals surface area contributed by atoms with Crippen molar-refractivity contribution in [3.63, 3.8) is 0 Å². The molecular weight excluding hydrogens is 288 g/mol. The Kier molecular flexibility index (Phi) is 3.07. The normalized spacial score (nSPS) is 21.1. The molecule has 0 bridgehead atoms. The SMILES string of the molecule is CC1(c2ccc(-c3ccc(C#N)cc3)o2)SC(=O)NC1=O. The van der Waals surface area contributed by atoms with Crippen LogP contribution in [0.4, 0.5) is 4.79 Å². The Balaban J connectivity index is 1.95. The topological polar surface area (TPSA) is 83.1 Å². The van der Waals surface area contributed by atoms with Gasteiger partial charge in [0.05, 0.1) is 11.6 Å². The number of amides is 2. The molecule has 1 aliphatic heterocycles. The molecule has 0 spiro atoms. The van der Waals surface area contributed by atoms with Crippen LogP contribution < -0.4 is 5.32 Å². The van der Waals surface area contributed by atoms with Crippen LogP contribution in [-0.4, -0.2) is 11.1 Å². The number of thioether (sulfide) groups is 1. The molecule has 21 heavy (non-hydrogen) atoms. The van der Waals surface area contributed by atoms with E-state index in [4.69, 9.17) is 9.68 Å². The van der Waals surface area contributed by atoms with Gasteiger partial charge in [-0.05, 0) is 55.1 Å². The molecule has 6 heteroatoms. The molecule has 104 valence electrons. The third kappa shape index (κ3) is 2.22. The van der Waals surface area contributed by atoms with E-state index in [1.54, 1.807) is 43.3 Å². The lowest BCUT2D eigenvalue weighted by Gasteiger charge is -2.14. The summed E-state index contributed by atoms with van der Waals surface area (Å²) in [6, 6.07) is 12.4. The van der Waals surface area contributed by atoms with Gasteiger partial charge in [0.15, 0.2) is 4.75 Å². The molecule has 3 rings (SSSR count). The van der Waals surface area contributed by atoms with Crippen molar-refractivity contribution in [2.45, 2.75) is 11.7 Å². The highest BCUT2D eigenvalue weighted by Crippen LogP contribution is 2.42. The van der Waals surface area contributed by atoms with Gasteiger partial charge in [0, 0.05) is 5.56 Å². The number of nitrogens with one attached hydrogen (secondary N) is 1. The largest absolute Gasteiger partial charge is 0.459 e. The van der Waals surface area contributed by atoms with Gasteiger partial charge in [-0.15, -0.1) is 0 Å². The first-order valence-electron chi connectivity index (χ1n) is 6.18. The number of nitriles is 1. The van der Waals surface area contributed by atoms with E-state index >= 15 is 0 Å². The highest BCUT2D eigenvalue weighted by molar-refractivity contribution is 8.15. The van der Waals surface area contributed by atoms with E-state index in [9.17, 15) is 9.59 Å². The van der Waals surface area contributed by atoms with E-state index < -0.39 is 4.75 Å². The lowest BCUT2D eigenvalue weighted by Crippen LogP contribution is -2.31. The molecule has 1 aromatic heterocycles. The molecule has 1 fully saturated rings. The average molecular weight is 298 g/mol. The number of carbonyl (C=O) groups is 2. The predicted molar refractivity (Wildman–Crippen MR) is 77.3 cm³/mol.